The molecule has 0 amide bonds. The second kappa shape index (κ2) is 9.83. The third kappa shape index (κ3) is 4.69. The molecule has 0 aromatic rings. The predicted octanol–water partition coefficient (Wildman–Crippen LogP) is 2.90. The van der Waals surface area contributed by atoms with Gasteiger partial charge in [0.25, 0.3) is 0 Å². The van der Waals surface area contributed by atoms with Gasteiger partial charge in [0.1, 0.15) is 0 Å². The summed E-state index contributed by atoms with van der Waals surface area (Å²) in [5, 5.41) is 0. The molecule has 0 aliphatic heterocycles. The Morgan fingerprint density at radius 1 is 1.50 bits per heavy atom. The number of hydrogen-bond donors (Lipinski definition) is 0. The van der Waals surface area contributed by atoms with E-state index >= 15 is 0 Å². The number of halogens is 2. The van der Waals surface area contributed by atoms with E-state index in [1.807, 2.05) is 0 Å². The molecule has 0 atom stereocenters. The van der Waals surface area contributed by atoms with Gasteiger partial charge in [0, 0.05) is 26.2 Å². The topological polar surface area (TPSA) is 9.23 Å². The van der Waals surface area contributed by atoms with Crippen molar-refractivity contribution in [2.75, 3.05) is 7.11 Å². The zero-order chi connectivity index (χ0) is 6.69. The number of methoxy groups -OCH3 is 1. The number of allylic oxidation sites excluding steroid dienone is 3. The Morgan fingerprint density at radius 2 is 2.08 bits per heavy atom. The predicted molar refractivity (Wildman–Crippen MR) is 51.3 cm³/mol. The first-order valence-corrected chi connectivity index (χ1v) is 3.22. The summed E-state index contributed by atoms with van der Waals surface area (Å²) in [5.74, 6) is 0.942. The van der Waals surface area contributed by atoms with Crippen LogP contribution in [0, 0.1) is 6.08 Å². The SMILES string of the molecule is CCC1=CC[C-]=C1OC.Cl.Cl.[Zr]. The summed E-state index contributed by atoms with van der Waals surface area (Å²) < 4.78 is 5.05. The maximum atomic E-state index is 5.05. The van der Waals surface area contributed by atoms with E-state index in [9.17, 15) is 0 Å². The first-order valence-electron chi connectivity index (χ1n) is 3.22. The number of rotatable bonds is 2. The molecule has 0 saturated heterocycles. The molecule has 0 spiro atoms. The van der Waals surface area contributed by atoms with Gasteiger partial charge in [0.2, 0.25) is 0 Å². The monoisotopic (exact) mass is 285 g/mol. The van der Waals surface area contributed by atoms with E-state index in [4.69, 9.17) is 4.74 Å². The summed E-state index contributed by atoms with van der Waals surface area (Å²) in [7, 11) is 1.69. The van der Waals surface area contributed by atoms with Crippen LogP contribution in [0.1, 0.15) is 19.8 Å². The molecule has 0 unspecified atom stereocenters. The van der Waals surface area contributed by atoms with Gasteiger partial charge in [0.15, 0.2) is 0 Å². The molecular weight excluding hydrogens is 274 g/mol. The maximum absolute atomic E-state index is 5.05. The van der Waals surface area contributed by atoms with Crippen molar-refractivity contribution in [3.63, 3.8) is 0 Å². The Kier molecular flexibility index (Phi) is 15.2. The van der Waals surface area contributed by atoms with E-state index in [-0.39, 0.29) is 51.0 Å². The van der Waals surface area contributed by atoms with E-state index in [2.05, 4.69) is 19.1 Å². The second-order valence-electron chi connectivity index (χ2n) is 2.00. The molecule has 0 heterocycles. The third-order valence-electron chi connectivity index (χ3n) is 1.49. The van der Waals surface area contributed by atoms with Crippen molar-refractivity contribution in [3.8, 4) is 0 Å². The first-order chi connectivity index (χ1) is 4.38. The molecule has 70 valence electrons. The number of ether oxygens (including phenoxy) is 1. The molecule has 1 nitrogen and oxygen atoms in total. The molecule has 0 aromatic heterocycles. The van der Waals surface area contributed by atoms with Gasteiger partial charge < -0.3 is 4.74 Å². The van der Waals surface area contributed by atoms with Gasteiger partial charge in [-0.15, -0.1) is 31.2 Å². The zero-order valence-corrected chi connectivity index (χ0v) is 11.3. The Balaban J connectivity index is -0.000000270. The Labute approximate surface area is 106 Å². The molecule has 0 aromatic carbocycles. The van der Waals surface area contributed by atoms with Crippen LogP contribution in [0.2, 0.25) is 0 Å². The summed E-state index contributed by atoms with van der Waals surface area (Å²) >= 11 is 0. The molecule has 1 aliphatic rings. The van der Waals surface area contributed by atoms with E-state index in [1.54, 1.807) is 7.11 Å². The van der Waals surface area contributed by atoms with Crippen LogP contribution in [-0.2, 0) is 30.9 Å². The standard InChI is InChI=1S/C8H11O.2ClH.Zr/c1-3-7-5-4-6-8(7)9-2;;;/h5H,3-4H2,1-2H3;2*1H;/q-1;;;. The van der Waals surface area contributed by atoms with Gasteiger partial charge in [-0.3, -0.25) is 0 Å². The fourth-order valence-electron chi connectivity index (χ4n) is 0.981. The third-order valence-corrected chi connectivity index (χ3v) is 1.49. The molecule has 4 heteroatoms. The minimum atomic E-state index is 0. The van der Waals surface area contributed by atoms with Crippen molar-refractivity contribution in [3.05, 3.63) is 23.5 Å². The molecule has 0 bridgehead atoms. The quantitative estimate of drug-likeness (QED) is 0.710. The van der Waals surface area contributed by atoms with Crippen LogP contribution < -0.4 is 0 Å². The largest absolute Gasteiger partial charge is 0.535 e. The van der Waals surface area contributed by atoms with E-state index < -0.39 is 0 Å². The van der Waals surface area contributed by atoms with E-state index in [0.29, 0.717) is 0 Å². The molecule has 0 fully saturated rings. The van der Waals surface area contributed by atoms with Gasteiger partial charge in [0.05, 0.1) is 7.11 Å². The summed E-state index contributed by atoms with van der Waals surface area (Å²) in [6.45, 7) is 2.12. The zero-order valence-electron chi connectivity index (χ0n) is 7.22. The summed E-state index contributed by atoms with van der Waals surface area (Å²) in [6, 6.07) is 0. The van der Waals surface area contributed by atoms with E-state index in [1.165, 1.54) is 5.57 Å². The molecule has 0 N–H and O–H groups in total. The Bertz CT molecular complexity index is 148. The minimum Gasteiger partial charge on any atom is -0.535 e. The van der Waals surface area contributed by atoms with Crippen LogP contribution in [0.3, 0.4) is 0 Å². The number of hydrogen-bond acceptors (Lipinski definition) is 1. The molecule has 1 rings (SSSR count). The van der Waals surface area contributed by atoms with E-state index in [0.717, 1.165) is 18.6 Å². The summed E-state index contributed by atoms with van der Waals surface area (Å²) in [4.78, 5) is 0. The van der Waals surface area contributed by atoms with Crippen LogP contribution in [0.5, 0.6) is 0 Å². The smallest absolute Gasteiger partial charge is 0.0729 e. The van der Waals surface area contributed by atoms with Gasteiger partial charge in [-0.1, -0.05) is 13.3 Å². The fourth-order valence-corrected chi connectivity index (χ4v) is 0.981. The average Bonchev–Trinajstić information content (AvgIpc) is 2.33. The summed E-state index contributed by atoms with van der Waals surface area (Å²) in [6.07, 6.45) is 7.24. The van der Waals surface area contributed by atoms with Crippen LogP contribution >= 0.6 is 24.8 Å². The Morgan fingerprint density at radius 3 is 2.42 bits per heavy atom. The molecule has 1 aliphatic carbocycles. The van der Waals surface area contributed by atoms with Crippen molar-refractivity contribution in [2.45, 2.75) is 19.8 Å². The minimum absolute atomic E-state index is 0. The Hall–Kier alpha value is 0.743. The molecule has 0 saturated carbocycles. The molecule has 12 heavy (non-hydrogen) atoms. The normalized spacial score (nSPS) is 12.8. The second-order valence-corrected chi connectivity index (χ2v) is 2.00. The van der Waals surface area contributed by atoms with Crippen molar-refractivity contribution in [1.82, 2.24) is 0 Å². The molecule has 0 radical (unpaired) electrons. The van der Waals surface area contributed by atoms with Crippen molar-refractivity contribution in [2.24, 2.45) is 0 Å². The van der Waals surface area contributed by atoms with Crippen LogP contribution in [0.25, 0.3) is 0 Å². The van der Waals surface area contributed by atoms with Gasteiger partial charge in [-0.05, 0) is 5.76 Å². The van der Waals surface area contributed by atoms with Crippen molar-refractivity contribution >= 4 is 24.8 Å². The maximum Gasteiger partial charge on any atom is 0.0729 e. The van der Waals surface area contributed by atoms with Crippen LogP contribution in [-0.4, -0.2) is 7.11 Å². The van der Waals surface area contributed by atoms with Crippen LogP contribution in [0.4, 0.5) is 0 Å². The fraction of sp³-hybridized carbons (Fsp3) is 0.500. The van der Waals surface area contributed by atoms with Gasteiger partial charge in [-0.25, -0.2) is 6.08 Å². The first kappa shape index (κ1) is 18.5. The van der Waals surface area contributed by atoms with Gasteiger partial charge in [-0.2, -0.15) is 11.6 Å². The average molecular weight is 287 g/mol. The van der Waals surface area contributed by atoms with Crippen molar-refractivity contribution < 1.29 is 30.9 Å². The molecular formula is C8H13Cl2OZr-. The summed E-state index contributed by atoms with van der Waals surface area (Å²) in [5.41, 5.74) is 1.29. The van der Waals surface area contributed by atoms with Gasteiger partial charge >= 0.3 is 0 Å². The van der Waals surface area contributed by atoms with Crippen molar-refractivity contribution in [1.29, 1.82) is 0 Å². The van der Waals surface area contributed by atoms with Crippen LogP contribution in [0.15, 0.2) is 17.4 Å².